The van der Waals surface area contributed by atoms with E-state index in [-0.39, 0.29) is 12.1 Å². The molecule has 1 aromatic rings. The molecular weight excluding hydrogens is 178 g/mol. The van der Waals surface area contributed by atoms with Crippen LogP contribution in [0.2, 0.25) is 0 Å². The Kier molecular flexibility index (Phi) is 3.27. The molecule has 0 spiro atoms. The van der Waals surface area contributed by atoms with Gasteiger partial charge in [-0.2, -0.15) is 0 Å². The van der Waals surface area contributed by atoms with Crippen LogP contribution in [0.25, 0.3) is 0 Å². The van der Waals surface area contributed by atoms with Gasteiger partial charge in [0.1, 0.15) is 0 Å². The summed E-state index contributed by atoms with van der Waals surface area (Å²) in [5.41, 5.74) is 6.85. The van der Waals surface area contributed by atoms with Gasteiger partial charge in [-0.15, -0.1) is 0 Å². The predicted molar refractivity (Wildman–Crippen MR) is 54.1 cm³/mol. The lowest BCUT2D eigenvalue weighted by molar-refractivity contribution is 0.0696. The first-order chi connectivity index (χ1) is 6.65. The van der Waals surface area contributed by atoms with Crippen LogP contribution >= 0.6 is 0 Å². The molecule has 0 saturated heterocycles. The highest BCUT2D eigenvalue weighted by Gasteiger charge is 2.07. The van der Waals surface area contributed by atoms with Crippen LogP contribution in [-0.2, 0) is 0 Å². The number of aryl methyl sites for hydroxylation is 1. The van der Waals surface area contributed by atoms with Gasteiger partial charge < -0.3 is 10.8 Å². The normalized spacial score (nSPS) is 9.00. The Labute approximate surface area is 82.6 Å². The van der Waals surface area contributed by atoms with Gasteiger partial charge in [0.2, 0.25) is 0 Å². The van der Waals surface area contributed by atoms with E-state index in [9.17, 15) is 4.79 Å². The standard InChI is InChI=1S/C11H11NO2/c1-8-4-5-9(3-2-6-12)10(7-8)11(13)14/h4-5,7H,6,12H2,1H3,(H,13,14). The highest BCUT2D eigenvalue weighted by atomic mass is 16.4. The molecule has 0 atom stereocenters. The fourth-order valence-corrected chi connectivity index (χ4v) is 1.09. The molecule has 0 aliphatic heterocycles. The van der Waals surface area contributed by atoms with Crippen LogP contribution in [0.15, 0.2) is 18.2 Å². The number of hydrogen-bond acceptors (Lipinski definition) is 2. The molecule has 0 fully saturated rings. The van der Waals surface area contributed by atoms with Crippen molar-refractivity contribution in [2.45, 2.75) is 6.92 Å². The third-order valence-electron chi connectivity index (χ3n) is 1.73. The number of rotatable bonds is 1. The molecular formula is C11H11NO2. The van der Waals surface area contributed by atoms with Gasteiger partial charge in [-0.25, -0.2) is 4.79 Å². The molecule has 1 rings (SSSR count). The van der Waals surface area contributed by atoms with Crippen molar-refractivity contribution in [3.8, 4) is 11.8 Å². The van der Waals surface area contributed by atoms with Gasteiger partial charge in [0, 0.05) is 5.56 Å². The Balaban J connectivity index is 3.22. The minimum atomic E-state index is -0.963. The van der Waals surface area contributed by atoms with Crippen LogP contribution in [0.3, 0.4) is 0 Å². The van der Waals surface area contributed by atoms with Crippen LogP contribution in [0.5, 0.6) is 0 Å². The summed E-state index contributed by atoms with van der Waals surface area (Å²) in [5.74, 6) is 4.40. The number of carbonyl (C=O) groups is 1. The van der Waals surface area contributed by atoms with E-state index in [1.54, 1.807) is 12.1 Å². The zero-order chi connectivity index (χ0) is 10.6. The highest BCUT2D eigenvalue weighted by molar-refractivity contribution is 5.91. The maximum atomic E-state index is 10.8. The molecule has 0 saturated carbocycles. The maximum absolute atomic E-state index is 10.8. The lowest BCUT2D eigenvalue weighted by Crippen LogP contribution is -2.01. The molecule has 3 N–H and O–H groups in total. The molecule has 72 valence electrons. The highest BCUT2D eigenvalue weighted by Crippen LogP contribution is 2.10. The molecule has 0 heterocycles. The monoisotopic (exact) mass is 189 g/mol. The van der Waals surface area contributed by atoms with Crippen LogP contribution in [0, 0.1) is 18.8 Å². The summed E-state index contributed by atoms with van der Waals surface area (Å²) in [6, 6.07) is 5.12. The molecule has 0 radical (unpaired) electrons. The number of carboxylic acid groups (broad SMARTS) is 1. The molecule has 0 aliphatic carbocycles. The van der Waals surface area contributed by atoms with Crippen LogP contribution < -0.4 is 5.73 Å². The average Bonchev–Trinajstić information content (AvgIpc) is 2.15. The molecule has 0 aliphatic rings. The fraction of sp³-hybridized carbons (Fsp3) is 0.182. The predicted octanol–water partition coefficient (Wildman–Crippen LogP) is 1.00. The lowest BCUT2D eigenvalue weighted by Gasteiger charge is -2.00. The number of carboxylic acids is 1. The molecule has 3 heteroatoms. The van der Waals surface area contributed by atoms with E-state index < -0.39 is 5.97 Å². The van der Waals surface area contributed by atoms with Crippen molar-refractivity contribution in [1.82, 2.24) is 0 Å². The Morgan fingerprint density at radius 3 is 2.86 bits per heavy atom. The average molecular weight is 189 g/mol. The minimum Gasteiger partial charge on any atom is -0.478 e. The first-order valence-corrected chi connectivity index (χ1v) is 4.18. The zero-order valence-electron chi connectivity index (χ0n) is 7.87. The first kappa shape index (κ1) is 10.3. The summed E-state index contributed by atoms with van der Waals surface area (Å²) in [7, 11) is 0. The van der Waals surface area contributed by atoms with Crippen molar-refractivity contribution in [2.75, 3.05) is 6.54 Å². The topological polar surface area (TPSA) is 63.3 Å². The third-order valence-corrected chi connectivity index (χ3v) is 1.73. The van der Waals surface area contributed by atoms with Gasteiger partial charge in [0.15, 0.2) is 0 Å². The smallest absolute Gasteiger partial charge is 0.336 e. The van der Waals surface area contributed by atoms with Gasteiger partial charge >= 0.3 is 5.97 Å². The summed E-state index contributed by atoms with van der Waals surface area (Å²) in [4.78, 5) is 10.8. The fourth-order valence-electron chi connectivity index (χ4n) is 1.09. The number of benzene rings is 1. The van der Waals surface area contributed by atoms with Crippen LogP contribution in [0.1, 0.15) is 21.5 Å². The molecule has 3 nitrogen and oxygen atoms in total. The van der Waals surface area contributed by atoms with Crippen LogP contribution in [0.4, 0.5) is 0 Å². The second-order valence-electron chi connectivity index (χ2n) is 2.86. The van der Waals surface area contributed by atoms with Crippen molar-refractivity contribution in [3.05, 3.63) is 34.9 Å². The number of hydrogen-bond donors (Lipinski definition) is 2. The Bertz CT molecular complexity index is 413. The summed E-state index contributed by atoms with van der Waals surface area (Å²) >= 11 is 0. The zero-order valence-corrected chi connectivity index (χ0v) is 7.87. The van der Waals surface area contributed by atoms with Gasteiger partial charge in [-0.3, -0.25) is 0 Å². The van der Waals surface area contributed by atoms with Crippen molar-refractivity contribution >= 4 is 5.97 Å². The van der Waals surface area contributed by atoms with Crippen molar-refractivity contribution in [1.29, 1.82) is 0 Å². The second-order valence-corrected chi connectivity index (χ2v) is 2.86. The van der Waals surface area contributed by atoms with E-state index in [1.807, 2.05) is 13.0 Å². The molecule has 0 bridgehead atoms. The van der Waals surface area contributed by atoms with Gasteiger partial charge in [-0.1, -0.05) is 23.5 Å². The lowest BCUT2D eigenvalue weighted by atomic mass is 10.1. The van der Waals surface area contributed by atoms with Gasteiger partial charge in [0.25, 0.3) is 0 Å². The van der Waals surface area contributed by atoms with Crippen molar-refractivity contribution in [2.24, 2.45) is 5.73 Å². The van der Waals surface area contributed by atoms with E-state index in [2.05, 4.69) is 11.8 Å². The van der Waals surface area contributed by atoms with Gasteiger partial charge in [0.05, 0.1) is 12.1 Å². The van der Waals surface area contributed by atoms with Crippen molar-refractivity contribution in [3.63, 3.8) is 0 Å². The SMILES string of the molecule is Cc1ccc(C#CCN)c(C(=O)O)c1. The van der Waals surface area contributed by atoms with Crippen molar-refractivity contribution < 1.29 is 9.90 Å². The number of nitrogens with two attached hydrogens (primary N) is 1. The third kappa shape index (κ3) is 2.35. The summed E-state index contributed by atoms with van der Waals surface area (Å²) in [6.07, 6.45) is 0. The second kappa shape index (κ2) is 4.45. The molecule has 0 aromatic heterocycles. The van der Waals surface area contributed by atoms with Gasteiger partial charge in [-0.05, 0) is 19.1 Å². The van der Waals surface area contributed by atoms with E-state index in [0.29, 0.717) is 5.56 Å². The van der Waals surface area contributed by atoms with E-state index >= 15 is 0 Å². The maximum Gasteiger partial charge on any atom is 0.336 e. The first-order valence-electron chi connectivity index (χ1n) is 4.18. The van der Waals surface area contributed by atoms with Crippen LogP contribution in [-0.4, -0.2) is 17.6 Å². The molecule has 1 aromatic carbocycles. The van der Waals surface area contributed by atoms with E-state index in [0.717, 1.165) is 5.56 Å². The Morgan fingerprint density at radius 2 is 2.29 bits per heavy atom. The quantitative estimate of drug-likeness (QED) is 0.648. The Morgan fingerprint density at radius 1 is 1.57 bits per heavy atom. The largest absolute Gasteiger partial charge is 0.478 e. The summed E-state index contributed by atoms with van der Waals surface area (Å²) in [6.45, 7) is 2.07. The minimum absolute atomic E-state index is 0.228. The number of aromatic carboxylic acids is 1. The Hall–Kier alpha value is -1.79. The summed E-state index contributed by atoms with van der Waals surface area (Å²) in [5, 5.41) is 8.89. The molecule has 0 amide bonds. The van der Waals surface area contributed by atoms with E-state index in [4.69, 9.17) is 10.8 Å². The summed E-state index contributed by atoms with van der Waals surface area (Å²) < 4.78 is 0. The molecule has 14 heavy (non-hydrogen) atoms. The molecule has 0 unspecified atom stereocenters. The van der Waals surface area contributed by atoms with E-state index in [1.165, 1.54) is 0 Å².